The van der Waals surface area contributed by atoms with Crippen LogP contribution in [0.4, 0.5) is 8.78 Å². The fourth-order valence-corrected chi connectivity index (χ4v) is 4.65. The van der Waals surface area contributed by atoms with Crippen LogP contribution in [0.15, 0.2) is 30.4 Å². The van der Waals surface area contributed by atoms with Crippen molar-refractivity contribution in [3.05, 3.63) is 42.0 Å². The first-order valence-electron chi connectivity index (χ1n) is 12.0. The number of aliphatic hydroxyl groups excluding tert-OH is 2. The minimum Gasteiger partial charge on any atom is -0.494 e. The van der Waals surface area contributed by atoms with Crippen molar-refractivity contribution in [2.24, 2.45) is 17.8 Å². The number of carbonyl (C=O) groups is 1. The van der Waals surface area contributed by atoms with E-state index in [9.17, 15) is 18.7 Å². The van der Waals surface area contributed by atoms with E-state index in [0.29, 0.717) is 31.3 Å². The van der Waals surface area contributed by atoms with Gasteiger partial charge in [-0.05, 0) is 63.5 Å². The zero-order chi connectivity index (χ0) is 25.1. The number of aliphatic hydroxyl groups is 2. The van der Waals surface area contributed by atoms with Gasteiger partial charge in [-0.15, -0.1) is 0 Å². The maximum absolute atomic E-state index is 12.5. The van der Waals surface area contributed by atoms with Gasteiger partial charge in [-0.1, -0.05) is 12.2 Å². The van der Waals surface area contributed by atoms with Crippen LogP contribution in [0.5, 0.6) is 5.75 Å². The van der Waals surface area contributed by atoms with Crippen molar-refractivity contribution >= 4 is 5.97 Å². The summed E-state index contributed by atoms with van der Waals surface area (Å²) in [6.07, 6.45) is 8.43. The van der Waals surface area contributed by atoms with Gasteiger partial charge in [-0.2, -0.15) is 0 Å². The third-order valence-corrected chi connectivity index (χ3v) is 6.28. The molecule has 1 aliphatic carbocycles. The molecule has 6 nitrogen and oxygen atoms in total. The van der Waals surface area contributed by atoms with Gasteiger partial charge in [0.2, 0.25) is 0 Å². The molecule has 0 unspecified atom stereocenters. The zero-order valence-corrected chi connectivity index (χ0v) is 20.3. The lowest BCUT2D eigenvalue weighted by atomic mass is 9.86. The Kier molecular flexibility index (Phi) is 11.9. The molecule has 3 rings (SSSR count). The smallest absolute Gasteiger partial charge is 0.306 e. The van der Waals surface area contributed by atoms with Crippen LogP contribution in [0.2, 0.25) is 0 Å². The summed E-state index contributed by atoms with van der Waals surface area (Å²) in [5.74, 6) is -0.349. The second-order valence-corrected chi connectivity index (χ2v) is 9.18. The molecule has 0 radical (unpaired) electrons. The fourth-order valence-electron chi connectivity index (χ4n) is 4.65. The number of ether oxygens (including phenoxy) is 3. The van der Waals surface area contributed by atoms with Crippen molar-refractivity contribution in [1.82, 2.24) is 0 Å². The molecule has 1 heterocycles. The molecule has 1 saturated carbocycles. The number of benzene rings is 1. The number of esters is 1. The van der Waals surface area contributed by atoms with Crippen LogP contribution in [0.25, 0.3) is 0 Å². The lowest BCUT2D eigenvalue weighted by Gasteiger charge is -2.20. The maximum atomic E-state index is 12.5. The molecule has 192 valence electrons. The Bertz CT molecular complexity index is 785. The number of carbonyl (C=O) groups excluding carboxylic acids is 1. The third kappa shape index (κ3) is 8.96. The van der Waals surface area contributed by atoms with Gasteiger partial charge in [-0.25, -0.2) is 8.78 Å². The average molecular weight is 485 g/mol. The largest absolute Gasteiger partial charge is 0.494 e. The summed E-state index contributed by atoms with van der Waals surface area (Å²) in [7, 11) is 1.29. The van der Waals surface area contributed by atoms with Gasteiger partial charge in [0.05, 0.1) is 32.0 Å². The van der Waals surface area contributed by atoms with E-state index in [1.54, 1.807) is 6.08 Å². The van der Waals surface area contributed by atoms with E-state index in [1.807, 2.05) is 19.9 Å². The van der Waals surface area contributed by atoms with Gasteiger partial charge in [-0.3, -0.25) is 4.79 Å². The van der Waals surface area contributed by atoms with Crippen molar-refractivity contribution in [3.63, 3.8) is 0 Å². The SMILES string of the molecule is CC(C)OC(=O)CCC[C@H]1CC[C@@H]2[C@@H](/C=C/CO)[C@H](O)C[C@@H]2OC1.COc1cc(F)ccc1F. The molecular formula is C26H38F2O6. The number of hydrogen-bond acceptors (Lipinski definition) is 6. The Morgan fingerprint density at radius 3 is 2.71 bits per heavy atom. The lowest BCUT2D eigenvalue weighted by molar-refractivity contribution is -0.147. The Morgan fingerprint density at radius 1 is 1.29 bits per heavy atom. The molecule has 0 spiro atoms. The van der Waals surface area contributed by atoms with Crippen LogP contribution in [0.3, 0.4) is 0 Å². The van der Waals surface area contributed by atoms with Gasteiger partial charge >= 0.3 is 5.97 Å². The molecule has 2 fully saturated rings. The molecule has 8 heteroatoms. The molecule has 1 aromatic rings. The lowest BCUT2D eigenvalue weighted by Crippen LogP contribution is -2.21. The van der Waals surface area contributed by atoms with Gasteiger partial charge in [0.25, 0.3) is 0 Å². The van der Waals surface area contributed by atoms with E-state index in [1.165, 1.54) is 7.11 Å². The van der Waals surface area contributed by atoms with Gasteiger partial charge in [0.1, 0.15) is 5.82 Å². The number of fused-ring (bicyclic) bond motifs is 1. The molecular weight excluding hydrogens is 446 g/mol. The van der Waals surface area contributed by atoms with Crippen molar-refractivity contribution in [1.29, 1.82) is 0 Å². The van der Waals surface area contributed by atoms with Crippen LogP contribution in [0, 0.1) is 29.4 Å². The number of methoxy groups -OCH3 is 1. The highest BCUT2D eigenvalue weighted by Crippen LogP contribution is 2.41. The van der Waals surface area contributed by atoms with E-state index >= 15 is 0 Å². The van der Waals surface area contributed by atoms with Crippen LogP contribution >= 0.6 is 0 Å². The highest BCUT2D eigenvalue weighted by Gasteiger charge is 2.43. The van der Waals surface area contributed by atoms with E-state index in [2.05, 4.69) is 4.74 Å². The molecule has 0 bridgehead atoms. The molecule has 2 N–H and O–H groups in total. The Morgan fingerprint density at radius 2 is 2.06 bits per heavy atom. The zero-order valence-electron chi connectivity index (χ0n) is 20.3. The van der Waals surface area contributed by atoms with E-state index in [4.69, 9.17) is 14.6 Å². The monoisotopic (exact) mass is 484 g/mol. The molecule has 34 heavy (non-hydrogen) atoms. The van der Waals surface area contributed by atoms with Gasteiger partial charge in [0.15, 0.2) is 11.6 Å². The van der Waals surface area contributed by atoms with E-state index < -0.39 is 11.6 Å². The average Bonchev–Trinajstić information content (AvgIpc) is 2.95. The summed E-state index contributed by atoms with van der Waals surface area (Å²) >= 11 is 0. The first-order chi connectivity index (χ1) is 16.2. The quantitative estimate of drug-likeness (QED) is 0.420. The van der Waals surface area contributed by atoms with Crippen LogP contribution in [-0.4, -0.2) is 54.8 Å². The van der Waals surface area contributed by atoms with Gasteiger partial charge in [0, 0.05) is 31.4 Å². The minimum atomic E-state index is -0.552. The predicted octanol–water partition coefficient (Wildman–Crippen LogP) is 4.42. The van der Waals surface area contributed by atoms with E-state index in [-0.39, 0.29) is 42.6 Å². The topological polar surface area (TPSA) is 85.2 Å². The number of rotatable bonds is 8. The van der Waals surface area contributed by atoms with E-state index in [0.717, 1.165) is 43.9 Å². The third-order valence-electron chi connectivity index (χ3n) is 6.28. The highest BCUT2D eigenvalue weighted by atomic mass is 19.1. The first kappa shape index (κ1) is 28.2. The second kappa shape index (κ2) is 14.4. The van der Waals surface area contributed by atoms with Crippen molar-refractivity contribution in [2.75, 3.05) is 20.3 Å². The summed E-state index contributed by atoms with van der Waals surface area (Å²) in [6, 6.07) is 3.06. The number of hydrogen-bond donors (Lipinski definition) is 2. The van der Waals surface area contributed by atoms with Crippen molar-refractivity contribution in [3.8, 4) is 5.75 Å². The predicted molar refractivity (Wildman–Crippen MR) is 124 cm³/mol. The molecule has 1 aliphatic heterocycles. The van der Waals surface area contributed by atoms with Crippen molar-refractivity contribution < 1.29 is 38.0 Å². The summed E-state index contributed by atoms with van der Waals surface area (Å²) in [6.45, 7) is 4.46. The summed E-state index contributed by atoms with van der Waals surface area (Å²) in [5, 5.41) is 19.2. The Labute approximate surface area is 200 Å². The maximum Gasteiger partial charge on any atom is 0.306 e. The summed E-state index contributed by atoms with van der Waals surface area (Å²) < 4.78 is 40.5. The van der Waals surface area contributed by atoms with Crippen molar-refractivity contribution in [2.45, 2.75) is 70.7 Å². The molecule has 2 aliphatic rings. The second-order valence-electron chi connectivity index (χ2n) is 9.18. The molecule has 1 aromatic carbocycles. The Hall–Kier alpha value is -2.03. The van der Waals surface area contributed by atoms with Crippen LogP contribution < -0.4 is 4.74 Å². The first-order valence-corrected chi connectivity index (χ1v) is 12.0. The highest BCUT2D eigenvalue weighted by molar-refractivity contribution is 5.69. The fraction of sp³-hybridized carbons (Fsp3) is 0.654. The molecule has 0 amide bonds. The van der Waals surface area contributed by atoms with Crippen LogP contribution in [0.1, 0.15) is 52.4 Å². The minimum absolute atomic E-state index is 0.0105. The standard InChI is InChI=1S/C19H32O5.C7H6F2O/c1-13(2)24-19(22)7-3-5-14-8-9-16-15(6-4-10-20)17(21)11-18(16)23-12-14;1-10-7-4-5(8)2-3-6(7)9/h4,6,13-18,20-21H,3,5,7-12H2,1-2H3;2-4H,1H3/b6-4+;/t14-,15+,16+,17+,18-;/m0./s1. The summed E-state index contributed by atoms with van der Waals surface area (Å²) in [5.41, 5.74) is 0. The molecule has 5 atom stereocenters. The summed E-state index contributed by atoms with van der Waals surface area (Å²) in [4.78, 5) is 11.6. The van der Waals surface area contributed by atoms with Crippen LogP contribution in [-0.2, 0) is 14.3 Å². The molecule has 0 aromatic heterocycles. The molecule has 1 saturated heterocycles. The normalized spacial score (nSPS) is 26.5. The Balaban J connectivity index is 0.000000340. The van der Waals surface area contributed by atoms with Gasteiger partial charge < -0.3 is 24.4 Å². The number of halogens is 2.